The Morgan fingerprint density at radius 1 is 1.29 bits per heavy atom. The molecule has 0 saturated heterocycles. The Labute approximate surface area is 160 Å². The highest BCUT2D eigenvalue weighted by Crippen LogP contribution is 2.37. The highest BCUT2D eigenvalue weighted by molar-refractivity contribution is 9.13. The third-order valence-electron chi connectivity index (χ3n) is 3.26. The molecule has 24 heavy (non-hydrogen) atoms. The predicted octanol–water partition coefficient (Wildman–Crippen LogP) is 5.06. The molecular weight excluding hydrogens is 462 g/mol. The van der Waals surface area contributed by atoms with Crippen LogP contribution in [-0.4, -0.2) is 28.6 Å². The Morgan fingerprint density at radius 3 is 2.46 bits per heavy atom. The molecule has 2 aromatic rings. The maximum absolute atomic E-state index is 12.4. The van der Waals surface area contributed by atoms with Crippen LogP contribution in [0.25, 0.3) is 0 Å². The van der Waals surface area contributed by atoms with Crippen molar-refractivity contribution in [2.24, 2.45) is 0 Å². The van der Waals surface area contributed by atoms with Crippen LogP contribution in [-0.2, 0) is 16.1 Å². The molecule has 5 nitrogen and oxygen atoms in total. The first kappa shape index (κ1) is 19.0. The largest absolute Gasteiger partial charge is 0.479 e. The summed E-state index contributed by atoms with van der Waals surface area (Å²) in [6.07, 6.45) is -0.658. The highest BCUT2D eigenvalue weighted by Gasteiger charge is 2.33. The van der Waals surface area contributed by atoms with E-state index >= 15 is 0 Å². The smallest absolute Gasteiger partial charge is 0.411 e. The van der Waals surface area contributed by atoms with E-state index in [0.29, 0.717) is 4.88 Å². The number of hydrogen-bond acceptors (Lipinski definition) is 4. The summed E-state index contributed by atoms with van der Waals surface area (Å²) in [7, 11) is 0. The minimum Gasteiger partial charge on any atom is -0.479 e. The van der Waals surface area contributed by atoms with Gasteiger partial charge in [-0.15, -0.1) is 11.3 Å². The van der Waals surface area contributed by atoms with Crippen molar-refractivity contribution >= 4 is 55.3 Å². The summed E-state index contributed by atoms with van der Waals surface area (Å²) < 4.78 is 6.80. The van der Waals surface area contributed by atoms with Gasteiger partial charge in [0, 0.05) is 15.9 Å². The molecule has 0 aliphatic carbocycles. The van der Waals surface area contributed by atoms with Crippen LogP contribution in [0.5, 0.6) is 0 Å². The van der Waals surface area contributed by atoms with Crippen LogP contribution in [0.3, 0.4) is 0 Å². The van der Waals surface area contributed by atoms with E-state index in [-0.39, 0.29) is 13.2 Å². The molecule has 0 spiro atoms. The first-order valence-electron chi connectivity index (χ1n) is 7.08. The van der Waals surface area contributed by atoms with E-state index in [4.69, 9.17) is 4.74 Å². The fourth-order valence-corrected chi connectivity index (χ4v) is 4.32. The minimum atomic E-state index is -1.10. The number of amides is 1. The molecule has 0 saturated carbocycles. The van der Waals surface area contributed by atoms with E-state index in [1.165, 1.54) is 16.2 Å². The topological polar surface area (TPSA) is 66.8 Å². The van der Waals surface area contributed by atoms with Crippen LogP contribution in [0.4, 0.5) is 4.79 Å². The van der Waals surface area contributed by atoms with Crippen LogP contribution in [0.2, 0.25) is 0 Å². The van der Waals surface area contributed by atoms with Crippen LogP contribution in [0.15, 0.2) is 44.7 Å². The lowest BCUT2D eigenvalue weighted by atomic mass is 10.2. The van der Waals surface area contributed by atoms with E-state index in [0.717, 1.165) is 13.8 Å². The predicted molar refractivity (Wildman–Crippen MR) is 99.1 cm³/mol. The molecule has 0 fully saturated rings. The van der Waals surface area contributed by atoms with Gasteiger partial charge in [-0.05, 0) is 50.4 Å². The van der Waals surface area contributed by atoms with Gasteiger partial charge in [-0.2, -0.15) is 0 Å². The van der Waals surface area contributed by atoms with Crippen molar-refractivity contribution in [2.75, 3.05) is 6.54 Å². The van der Waals surface area contributed by atoms with Crippen molar-refractivity contribution < 1.29 is 19.4 Å². The van der Waals surface area contributed by atoms with Gasteiger partial charge in [0.05, 0.1) is 3.79 Å². The Balaban J connectivity index is 2.16. The van der Waals surface area contributed by atoms with Crippen molar-refractivity contribution in [3.8, 4) is 0 Å². The fraction of sp³-hybridized carbons (Fsp3) is 0.250. The average Bonchev–Trinajstić information content (AvgIpc) is 2.89. The van der Waals surface area contributed by atoms with E-state index in [1.807, 2.05) is 30.3 Å². The minimum absolute atomic E-state index is 0.0976. The van der Waals surface area contributed by atoms with Gasteiger partial charge in [0.15, 0.2) is 6.04 Å². The quantitative estimate of drug-likeness (QED) is 0.632. The molecule has 2 rings (SSSR count). The Kier molecular flexibility index (Phi) is 6.82. The highest BCUT2D eigenvalue weighted by atomic mass is 79.9. The molecule has 1 N–H and O–H groups in total. The van der Waals surface area contributed by atoms with Gasteiger partial charge in [0.2, 0.25) is 0 Å². The van der Waals surface area contributed by atoms with Crippen molar-refractivity contribution in [3.63, 3.8) is 0 Å². The molecule has 1 aromatic heterocycles. The van der Waals surface area contributed by atoms with Gasteiger partial charge in [0.1, 0.15) is 6.61 Å². The number of ether oxygens (including phenoxy) is 1. The number of rotatable bonds is 6. The fourth-order valence-electron chi connectivity index (χ4n) is 2.13. The zero-order valence-electron chi connectivity index (χ0n) is 12.7. The SMILES string of the molecule is CCN(C(=O)OCc1ccccc1)C(C(=O)O)c1cc(Br)c(Br)s1. The van der Waals surface area contributed by atoms with Crippen molar-refractivity contribution in [1.29, 1.82) is 0 Å². The molecule has 128 valence electrons. The standard InChI is InChI=1S/C16H15Br2NO4S/c1-2-19(16(22)23-9-10-6-4-3-5-7-10)13(15(20)21)12-8-11(17)14(18)24-12/h3-8,13H,2,9H2,1H3,(H,20,21). The third kappa shape index (κ3) is 4.58. The summed E-state index contributed by atoms with van der Waals surface area (Å²) in [4.78, 5) is 25.9. The van der Waals surface area contributed by atoms with Gasteiger partial charge in [-0.25, -0.2) is 9.59 Å². The molecule has 1 atom stereocenters. The van der Waals surface area contributed by atoms with E-state index in [9.17, 15) is 14.7 Å². The van der Waals surface area contributed by atoms with Gasteiger partial charge < -0.3 is 9.84 Å². The lowest BCUT2D eigenvalue weighted by Gasteiger charge is -2.26. The number of hydrogen-bond donors (Lipinski definition) is 1. The molecule has 0 aliphatic rings. The Morgan fingerprint density at radius 2 is 1.96 bits per heavy atom. The monoisotopic (exact) mass is 475 g/mol. The zero-order chi connectivity index (χ0) is 17.7. The number of carboxylic acids is 1. The molecule has 0 radical (unpaired) electrons. The van der Waals surface area contributed by atoms with Gasteiger partial charge >= 0.3 is 12.1 Å². The normalized spacial score (nSPS) is 11.8. The number of benzene rings is 1. The molecule has 8 heteroatoms. The van der Waals surface area contributed by atoms with Gasteiger partial charge in [-0.1, -0.05) is 30.3 Å². The number of likely N-dealkylation sites (N-methyl/N-ethyl adjacent to an activating group) is 1. The first-order valence-corrected chi connectivity index (χ1v) is 9.49. The van der Waals surface area contributed by atoms with Crippen molar-refractivity contribution in [3.05, 3.63) is 55.1 Å². The van der Waals surface area contributed by atoms with E-state index in [2.05, 4.69) is 31.9 Å². The summed E-state index contributed by atoms with van der Waals surface area (Å²) in [5, 5.41) is 9.59. The van der Waals surface area contributed by atoms with Crippen molar-refractivity contribution in [1.82, 2.24) is 4.90 Å². The summed E-state index contributed by atoms with van der Waals surface area (Å²) in [6.45, 7) is 2.04. The number of nitrogens with zero attached hydrogens (tertiary/aromatic N) is 1. The second kappa shape index (κ2) is 8.64. The number of aliphatic carboxylic acids is 1. The number of carbonyl (C=O) groups excluding carboxylic acids is 1. The first-order chi connectivity index (χ1) is 11.4. The van der Waals surface area contributed by atoms with Gasteiger partial charge in [-0.3, -0.25) is 4.90 Å². The lowest BCUT2D eigenvalue weighted by Crippen LogP contribution is -2.38. The summed E-state index contributed by atoms with van der Waals surface area (Å²) in [5.74, 6) is -1.10. The van der Waals surface area contributed by atoms with Gasteiger partial charge in [0.25, 0.3) is 0 Å². The molecule has 1 unspecified atom stereocenters. The average molecular weight is 477 g/mol. The summed E-state index contributed by atoms with van der Waals surface area (Å²) >= 11 is 7.95. The van der Waals surface area contributed by atoms with E-state index < -0.39 is 18.1 Å². The van der Waals surface area contributed by atoms with E-state index in [1.54, 1.807) is 13.0 Å². The Hall–Kier alpha value is -1.38. The molecule has 0 aliphatic heterocycles. The molecule has 1 aromatic carbocycles. The molecule has 1 heterocycles. The Bertz CT molecular complexity index is 701. The summed E-state index contributed by atoms with van der Waals surface area (Å²) in [5.41, 5.74) is 0.843. The lowest BCUT2D eigenvalue weighted by molar-refractivity contribution is -0.142. The second-order valence-electron chi connectivity index (χ2n) is 4.84. The second-order valence-corrected chi connectivity index (χ2v) is 8.09. The van der Waals surface area contributed by atoms with Crippen LogP contribution >= 0.6 is 43.2 Å². The number of thiophene rings is 1. The van der Waals surface area contributed by atoms with Crippen molar-refractivity contribution in [2.45, 2.75) is 19.6 Å². The van der Waals surface area contributed by atoms with Crippen LogP contribution in [0, 0.1) is 0 Å². The third-order valence-corrected chi connectivity index (χ3v) is 6.57. The van der Waals surface area contributed by atoms with Crippen LogP contribution < -0.4 is 0 Å². The van der Waals surface area contributed by atoms with Crippen LogP contribution in [0.1, 0.15) is 23.4 Å². The molecular formula is C16H15Br2NO4S. The number of carbonyl (C=O) groups is 2. The number of halogens is 2. The summed E-state index contributed by atoms with van der Waals surface area (Å²) in [6, 6.07) is 9.85. The zero-order valence-corrected chi connectivity index (χ0v) is 16.7. The molecule has 0 bridgehead atoms. The number of carboxylic acid groups (broad SMARTS) is 1. The molecule has 1 amide bonds. The maximum atomic E-state index is 12.4. The maximum Gasteiger partial charge on any atom is 0.411 e.